The summed E-state index contributed by atoms with van der Waals surface area (Å²) < 4.78 is 16.5. The van der Waals surface area contributed by atoms with Crippen LogP contribution in [0.3, 0.4) is 0 Å². The van der Waals surface area contributed by atoms with Crippen molar-refractivity contribution < 1.29 is 43.9 Å². The molecule has 1 saturated carbocycles. The minimum Gasteiger partial charge on any atom is -0.493 e. The predicted octanol–water partition coefficient (Wildman–Crippen LogP) is 4.22. The van der Waals surface area contributed by atoms with Crippen LogP contribution >= 0.6 is 0 Å². The number of methoxy groups -OCH3 is 2. The zero-order valence-corrected chi connectivity index (χ0v) is 26.9. The smallest absolute Gasteiger partial charge is 0.404 e. The number of aliphatic hydroxyl groups excluding tert-OH is 1. The van der Waals surface area contributed by atoms with Crippen LogP contribution in [-0.4, -0.2) is 79.5 Å². The number of nitrogens with zero attached hydrogens (tertiary/aromatic N) is 1. The fourth-order valence-corrected chi connectivity index (χ4v) is 5.80. The number of carbonyl (C=O) groups is 2. The third kappa shape index (κ3) is 11.6. The van der Waals surface area contributed by atoms with E-state index in [-0.39, 0.29) is 30.2 Å². The molecule has 2 rings (SSSR count). The molecule has 3 atom stereocenters. The average Bonchev–Trinajstić information content (AvgIpc) is 2.96. The van der Waals surface area contributed by atoms with Gasteiger partial charge in [-0.05, 0) is 74.0 Å². The van der Waals surface area contributed by atoms with Crippen molar-refractivity contribution in [2.45, 2.75) is 90.9 Å². The minimum absolute atomic E-state index is 0.0000482. The van der Waals surface area contributed by atoms with Crippen LogP contribution in [0.15, 0.2) is 18.2 Å². The summed E-state index contributed by atoms with van der Waals surface area (Å²) in [6, 6.07) is 4.90. The molecule has 250 valence electrons. The van der Waals surface area contributed by atoms with E-state index in [9.17, 15) is 29.9 Å². The van der Waals surface area contributed by atoms with Gasteiger partial charge in [0, 0.05) is 32.1 Å². The lowest BCUT2D eigenvalue weighted by molar-refractivity contribution is -0.769. The summed E-state index contributed by atoms with van der Waals surface area (Å²) in [6.07, 6.45) is 0.995. The standard InChI is InChI=1S/C31H51N3O10/c1-20(2)22(16-21-8-13-27(42-6)28(17-21)43-15-7-14-41-5)18-25(33-30(37)38)26(35)19-32-29(36)31(3,4)23-9-11-24(12-10-23)44-34(39)40/h8,13,17,20,22-26,33,35H,7,9-12,14-16,18-19H2,1-6H3,(H,32,36)(H,37,38)/t22-,23?,24?,25+,26+/m1/s1. The van der Waals surface area contributed by atoms with Gasteiger partial charge >= 0.3 is 6.09 Å². The molecule has 0 saturated heterocycles. The number of ether oxygens (including phenoxy) is 3. The van der Waals surface area contributed by atoms with E-state index in [2.05, 4.69) is 24.5 Å². The summed E-state index contributed by atoms with van der Waals surface area (Å²) in [5.41, 5.74) is 0.205. The number of benzene rings is 1. The Morgan fingerprint density at radius 1 is 1.11 bits per heavy atom. The second-order valence-electron chi connectivity index (χ2n) is 12.5. The maximum absolute atomic E-state index is 13.2. The summed E-state index contributed by atoms with van der Waals surface area (Å²) in [7, 11) is 3.22. The Hall–Kier alpha value is -3.32. The molecule has 0 unspecified atom stereocenters. The third-order valence-electron chi connectivity index (χ3n) is 8.74. The lowest BCUT2D eigenvalue weighted by Gasteiger charge is -2.38. The number of rotatable bonds is 19. The lowest BCUT2D eigenvalue weighted by Crippen LogP contribution is -2.51. The van der Waals surface area contributed by atoms with E-state index in [1.54, 1.807) is 14.2 Å². The Morgan fingerprint density at radius 2 is 1.80 bits per heavy atom. The largest absolute Gasteiger partial charge is 0.493 e. The molecule has 13 heteroatoms. The monoisotopic (exact) mass is 625 g/mol. The van der Waals surface area contributed by atoms with E-state index in [1.807, 2.05) is 32.0 Å². The first-order valence-corrected chi connectivity index (χ1v) is 15.3. The summed E-state index contributed by atoms with van der Waals surface area (Å²) in [4.78, 5) is 40.2. The van der Waals surface area contributed by atoms with Crippen molar-refractivity contribution in [2.24, 2.45) is 23.2 Å². The molecule has 2 amide bonds. The van der Waals surface area contributed by atoms with Crippen molar-refractivity contribution in [3.8, 4) is 11.5 Å². The van der Waals surface area contributed by atoms with Crippen molar-refractivity contribution in [2.75, 3.05) is 34.0 Å². The molecule has 4 N–H and O–H groups in total. The highest BCUT2D eigenvalue weighted by molar-refractivity contribution is 5.82. The molecule has 1 aromatic rings. The van der Waals surface area contributed by atoms with Gasteiger partial charge in [-0.15, -0.1) is 10.1 Å². The van der Waals surface area contributed by atoms with Crippen LogP contribution in [0.1, 0.15) is 71.8 Å². The van der Waals surface area contributed by atoms with Crippen LogP contribution in [0.2, 0.25) is 0 Å². The van der Waals surface area contributed by atoms with Gasteiger partial charge in [-0.3, -0.25) is 4.79 Å². The van der Waals surface area contributed by atoms with Gasteiger partial charge in [-0.1, -0.05) is 33.8 Å². The van der Waals surface area contributed by atoms with Gasteiger partial charge in [0.15, 0.2) is 11.5 Å². The zero-order valence-electron chi connectivity index (χ0n) is 26.9. The Balaban J connectivity index is 2.05. The zero-order chi connectivity index (χ0) is 32.9. The van der Waals surface area contributed by atoms with Gasteiger partial charge in [0.05, 0.1) is 25.9 Å². The third-order valence-corrected chi connectivity index (χ3v) is 8.74. The second kappa shape index (κ2) is 17.8. The van der Waals surface area contributed by atoms with Crippen molar-refractivity contribution in [3.63, 3.8) is 0 Å². The normalized spacial score (nSPS) is 19.0. The fourth-order valence-electron chi connectivity index (χ4n) is 5.80. The molecule has 0 aliphatic heterocycles. The molecule has 1 aliphatic rings. The molecular formula is C31H51N3O10. The van der Waals surface area contributed by atoms with Gasteiger partial charge in [-0.2, -0.15) is 0 Å². The van der Waals surface area contributed by atoms with Crippen molar-refractivity contribution >= 4 is 12.0 Å². The molecule has 44 heavy (non-hydrogen) atoms. The molecular weight excluding hydrogens is 574 g/mol. The maximum atomic E-state index is 13.2. The van der Waals surface area contributed by atoms with E-state index in [0.717, 1.165) is 12.0 Å². The molecule has 0 spiro atoms. The molecule has 1 fully saturated rings. The SMILES string of the molecule is COCCCOc1cc(C[C@H](C[C@H](NC(=O)O)[C@@H](O)CNC(=O)C(C)(C)C2CCC(O[N+](=O)[O-])CC2)C(C)C)ccc1OC. The maximum Gasteiger partial charge on any atom is 0.404 e. The second-order valence-corrected chi connectivity index (χ2v) is 12.5. The van der Waals surface area contributed by atoms with Crippen molar-refractivity contribution in [1.29, 1.82) is 0 Å². The van der Waals surface area contributed by atoms with E-state index in [1.165, 1.54) is 0 Å². The van der Waals surface area contributed by atoms with Crippen LogP contribution < -0.4 is 20.1 Å². The molecule has 1 aliphatic carbocycles. The van der Waals surface area contributed by atoms with Crippen molar-refractivity contribution in [1.82, 2.24) is 10.6 Å². The Kier molecular flexibility index (Phi) is 15.0. The highest BCUT2D eigenvalue weighted by Crippen LogP contribution is 2.39. The quantitative estimate of drug-likeness (QED) is 0.0988. The van der Waals surface area contributed by atoms with E-state index in [0.29, 0.717) is 63.2 Å². The van der Waals surface area contributed by atoms with Crippen LogP contribution in [-0.2, 0) is 20.8 Å². The minimum atomic E-state index is -1.26. The Bertz CT molecular complexity index is 1060. The number of aliphatic hydroxyl groups is 1. The van der Waals surface area contributed by atoms with E-state index < -0.39 is 34.8 Å². The van der Waals surface area contributed by atoms with E-state index >= 15 is 0 Å². The molecule has 13 nitrogen and oxygen atoms in total. The molecule has 0 radical (unpaired) electrons. The fraction of sp³-hybridized carbons (Fsp3) is 0.742. The highest BCUT2D eigenvalue weighted by Gasteiger charge is 2.40. The highest BCUT2D eigenvalue weighted by atomic mass is 17.0. The van der Waals surface area contributed by atoms with Gasteiger partial charge in [0.25, 0.3) is 5.09 Å². The molecule has 0 bridgehead atoms. The molecule has 1 aromatic carbocycles. The van der Waals surface area contributed by atoms with Gasteiger partial charge in [-0.25, -0.2) is 4.79 Å². The number of carboxylic acid groups (broad SMARTS) is 1. The molecule has 0 heterocycles. The first-order chi connectivity index (χ1) is 20.8. The first kappa shape index (κ1) is 36.9. The van der Waals surface area contributed by atoms with Gasteiger partial charge < -0.3 is 39.9 Å². The van der Waals surface area contributed by atoms with Crippen LogP contribution in [0.4, 0.5) is 4.79 Å². The van der Waals surface area contributed by atoms with Crippen LogP contribution in [0, 0.1) is 33.3 Å². The Labute approximate surface area is 260 Å². The number of hydrogen-bond donors (Lipinski definition) is 4. The topological polar surface area (TPSA) is 179 Å². The number of carbonyl (C=O) groups excluding carboxylic acids is 1. The summed E-state index contributed by atoms with van der Waals surface area (Å²) in [5.74, 6) is 1.12. The lowest BCUT2D eigenvalue weighted by atomic mass is 9.70. The Morgan fingerprint density at radius 3 is 2.36 bits per heavy atom. The number of nitrogens with one attached hydrogen (secondary N) is 2. The summed E-state index contributed by atoms with van der Waals surface area (Å²) in [5, 5.41) is 35.8. The summed E-state index contributed by atoms with van der Waals surface area (Å²) in [6.45, 7) is 8.67. The van der Waals surface area contributed by atoms with E-state index in [4.69, 9.17) is 19.0 Å². The van der Waals surface area contributed by atoms with Crippen LogP contribution in [0.5, 0.6) is 11.5 Å². The van der Waals surface area contributed by atoms with Gasteiger partial charge in [0.2, 0.25) is 5.91 Å². The molecule has 0 aromatic heterocycles. The average molecular weight is 626 g/mol. The first-order valence-electron chi connectivity index (χ1n) is 15.3. The predicted molar refractivity (Wildman–Crippen MR) is 163 cm³/mol. The number of hydrogen-bond acceptors (Lipinski definition) is 9. The van der Waals surface area contributed by atoms with Gasteiger partial charge in [0.1, 0.15) is 6.10 Å². The van der Waals surface area contributed by atoms with Crippen molar-refractivity contribution in [3.05, 3.63) is 33.9 Å². The van der Waals surface area contributed by atoms with Crippen LogP contribution in [0.25, 0.3) is 0 Å². The number of amides is 2. The summed E-state index contributed by atoms with van der Waals surface area (Å²) >= 11 is 0.